The highest BCUT2D eigenvalue weighted by Crippen LogP contribution is 2.27. The van der Waals surface area contributed by atoms with Gasteiger partial charge in [-0.05, 0) is 36.1 Å². The summed E-state index contributed by atoms with van der Waals surface area (Å²) in [5.41, 5.74) is 0.160. The number of hydrogen-bond acceptors (Lipinski definition) is 4. The van der Waals surface area contributed by atoms with Crippen molar-refractivity contribution < 1.29 is 13.2 Å². The van der Waals surface area contributed by atoms with Gasteiger partial charge in [0, 0.05) is 4.88 Å². The lowest BCUT2D eigenvalue weighted by atomic mass is 10.3. The zero-order valence-corrected chi connectivity index (χ0v) is 10.3. The summed E-state index contributed by atoms with van der Waals surface area (Å²) >= 11 is 1.59. The van der Waals surface area contributed by atoms with Crippen LogP contribution in [-0.2, 0) is 12.7 Å². The van der Waals surface area contributed by atoms with Crippen molar-refractivity contribution in [3.63, 3.8) is 0 Å². The van der Waals surface area contributed by atoms with E-state index in [9.17, 15) is 13.2 Å². The van der Waals surface area contributed by atoms with Gasteiger partial charge in [-0.3, -0.25) is 0 Å². The minimum Gasteiger partial charge on any atom is -0.364 e. The Bertz CT molecular complexity index is 519. The molecule has 2 rings (SSSR count). The second-order valence-electron chi connectivity index (χ2n) is 3.68. The fraction of sp³-hybridized carbons (Fsp3) is 0.273. The minimum absolute atomic E-state index is 0.329. The monoisotopic (exact) mass is 273 g/mol. The third-order valence-electron chi connectivity index (χ3n) is 2.35. The van der Waals surface area contributed by atoms with E-state index in [1.807, 2.05) is 18.4 Å². The lowest BCUT2D eigenvalue weighted by Crippen LogP contribution is -2.10. The SMILES string of the molecule is Cc1ccsc1CNc1ccc(C(F)(F)F)nn1. The Morgan fingerprint density at radius 2 is 2.00 bits per heavy atom. The second-order valence-corrected chi connectivity index (χ2v) is 4.68. The van der Waals surface area contributed by atoms with Crippen molar-refractivity contribution in [3.8, 4) is 0 Å². The number of hydrogen-bond donors (Lipinski definition) is 1. The predicted octanol–water partition coefficient (Wildman–Crippen LogP) is 3.48. The van der Waals surface area contributed by atoms with Gasteiger partial charge >= 0.3 is 6.18 Å². The summed E-state index contributed by atoms with van der Waals surface area (Å²) in [5, 5.41) is 11.5. The molecule has 18 heavy (non-hydrogen) atoms. The molecule has 0 spiro atoms. The fourth-order valence-electron chi connectivity index (χ4n) is 1.33. The molecule has 0 aliphatic carbocycles. The molecule has 0 fully saturated rings. The summed E-state index contributed by atoms with van der Waals surface area (Å²) in [4.78, 5) is 1.12. The molecule has 7 heteroatoms. The molecule has 0 radical (unpaired) electrons. The Labute approximate surface area is 106 Å². The maximum atomic E-state index is 12.3. The molecule has 2 aromatic heterocycles. The van der Waals surface area contributed by atoms with E-state index in [1.165, 1.54) is 6.07 Å². The molecule has 0 bridgehead atoms. The van der Waals surface area contributed by atoms with E-state index < -0.39 is 11.9 Å². The molecule has 0 amide bonds. The van der Waals surface area contributed by atoms with Gasteiger partial charge in [-0.2, -0.15) is 13.2 Å². The molecule has 0 aromatic carbocycles. The topological polar surface area (TPSA) is 37.8 Å². The molecule has 1 N–H and O–H groups in total. The van der Waals surface area contributed by atoms with E-state index in [2.05, 4.69) is 15.5 Å². The van der Waals surface area contributed by atoms with E-state index in [0.717, 1.165) is 16.5 Å². The normalized spacial score (nSPS) is 11.6. The van der Waals surface area contributed by atoms with Crippen molar-refractivity contribution in [2.45, 2.75) is 19.6 Å². The average molecular weight is 273 g/mol. The molecule has 96 valence electrons. The molecular weight excluding hydrogens is 263 g/mol. The zero-order valence-electron chi connectivity index (χ0n) is 9.45. The molecule has 0 saturated heterocycles. The Morgan fingerprint density at radius 1 is 1.22 bits per heavy atom. The molecular formula is C11H10F3N3S. The van der Waals surface area contributed by atoms with Crippen LogP contribution in [0.2, 0.25) is 0 Å². The van der Waals surface area contributed by atoms with Crippen LogP contribution < -0.4 is 5.32 Å². The first kappa shape index (κ1) is 12.8. The molecule has 0 aliphatic rings. The van der Waals surface area contributed by atoms with Gasteiger partial charge < -0.3 is 5.32 Å². The van der Waals surface area contributed by atoms with E-state index in [4.69, 9.17) is 0 Å². The van der Waals surface area contributed by atoms with Crippen LogP contribution in [0, 0.1) is 6.92 Å². The molecule has 0 saturated carbocycles. The maximum absolute atomic E-state index is 12.3. The quantitative estimate of drug-likeness (QED) is 0.930. The number of aryl methyl sites for hydroxylation is 1. The fourth-order valence-corrected chi connectivity index (χ4v) is 2.18. The standard InChI is InChI=1S/C11H10F3N3S/c1-7-4-5-18-8(7)6-15-10-3-2-9(16-17-10)11(12,13)14/h2-5H,6H2,1H3,(H,15,17). The zero-order chi connectivity index (χ0) is 13.2. The van der Waals surface area contributed by atoms with Crippen LogP contribution in [0.5, 0.6) is 0 Å². The van der Waals surface area contributed by atoms with Gasteiger partial charge in [0.05, 0.1) is 6.54 Å². The van der Waals surface area contributed by atoms with Crippen molar-refractivity contribution in [1.29, 1.82) is 0 Å². The van der Waals surface area contributed by atoms with Gasteiger partial charge in [0.15, 0.2) is 5.69 Å². The first-order chi connectivity index (χ1) is 8.47. The number of nitrogens with one attached hydrogen (secondary N) is 1. The van der Waals surface area contributed by atoms with Crippen LogP contribution in [0.3, 0.4) is 0 Å². The third-order valence-corrected chi connectivity index (χ3v) is 3.38. The highest BCUT2D eigenvalue weighted by atomic mass is 32.1. The van der Waals surface area contributed by atoms with E-state index in [-0.39, 0.29) is 0 Å². The highest BCUT2D eigenvalue weighted by molar-refractivity contribution is 7.10. The molecule has 2 aromatic rings. The van der Waals surface area contributed by atoms with E-state index >= 15 is 0 Å². The van der Waals surface area contributed by atoms with Crippen molar-refractivity contribution in [3.05, 3.63) is 39.7 Å². The largest absolute Gasteiger partial charge is 0.435 e. The number of rotatable bonds is 3. The van der Waals surface area contributed by atoms with Crippen molar-refractivity contribution in [2.75, 3.05) is 5.32 Å². The molecule has 3 nitrogen and oxygen atoms in total. The number of alkyl halides is 3. The smallest absolute Gasteiger partial charge is 0.364 e. The highest BCUT2D eigenvalue weighted by Gasteiger charge is 2.32. The van der Waals surface area contributed by atoms with Gasteiger partial charge in [0.2, 0.25) is 0 Å². The van der Waals surface area contributed by atoms with Crippen molar-refractivity contribution >= 4 is 17.2 Å². The molecule has 0 atom stereocenters. The van der Waals surface area contributed by atoms with E-state index in [0.29, 0.717) is 12.4 Å². The summed E-state index contributed by atoms with van der Waals surface area (Å²) in [6.07, 6.45) is -4.45. The van der Waals surface area contributed by atoms with E-state index in [1.54, 1.807) is 11.3 Å². The Balaban J connectivity index is 2.01. The third kappa shape index (κ3) is 2.98. The van der Waals surface area contributed by atoms with Crippen molar-refractivity contribution in [2.24, 2.45) is 0 Å². The van der Waals surface area contributed by atoms with Gasteiger partial charge in [-0.25, -0.2) is 0 Å². The number of halogens is 3. The minimum atomic E-state index is -4.45. The molecule has 0 aliphatic heterocycles. The summed E-state index contributed by atoms with van der Waals surface area (Å²) in [7, 11) is 0. The lowest BCUT2D eigenvalue weighted by Gasteiger charge is -2.07. The van der Waals surface area contributed by atoms with Crippen molar-refractivity contribution in [1.82, 2.24) is 10.2 Å². The summed E-state index contributed by atoms with van der Waals surface area (Å²) in [6.45, 7) is 2.51. The van der Waals surface area contributed by atoms with Crippen LogP contribution in [0.15, 0.2) is 23.6 Å². The number of aromatic nitrogens is 2. The summed E-state index contributed by atoms with van der Waals surface area (Å²) in [6, 6.07) is 4.18. The number of anilines is 1. The maximum Gasteiger partial charge on any atom is 0.435 e. The van der Waals surface area contributed by atoms with Crippen LogP contribution >= 0.6 is 11.3 Å². The van der Waals surface area contributed by atoms with Crippen LogP contribution in [0.1, 0.15) is 16.1 Å². The average Bonchev–Trinajstić information content (AvgIpc) is 2.72. The molecule has 2 heterocycles. The van der Waals surface area contributed by atoms with Crippen LogP contribution in [0.25, 0.3) is 0 Å². The second kappa shape index (κ2) is 4.93. The van der Waals surface area contributed by atoms with Gasteiger partial charge in [-0.15, -0.1) is 21.5 Å². The lowest BCUT2D eigenvalue weighted by molar-refractivity contribution is -0.141. The first-order valence-corrected chi connectivity index (χ1v) is 6.02. The van der Waals surface area contributed by atoms with Gasteiger partial charge in [-0.1, -0.05) is 0 Å². The van der Waals surface area contributed by atoms with Crippen LogP contribution in [0.4, 0.5) is 19.0 Å². The Morgan fingerprint density at radius 3 is 2.50 bits per heavy atom. The predicted molar refractivity (Wildman–Crippen MR) is 63.4 cm³/mol. The summed E-state index contributed by atoms with van der Waals surface area (Å²) in [5.74, 6) is 0.329. The Kier molecular flexibility index (Phi) is 3.51. The molecule has 0 unspecified atom stereocenters. The van der Waals surface area contributed by atoms with Gasteiger partial charge in [0.1, 0.15) is 5.82 Å². The number of thiophene rings is 1. The van der Waals surface area contributed by atoms with Gasteiger partial charge in [0.25, 0.3) is 0 Å². The Hall–Kier alpha value is -1.63. The summed E-state index contributed by atoms with van der Waals surface area (Å²) < 4.78 is 36.8. The van der Waals surface area contributed by atoms with Crippen LogP contribution in [-0.4, -0.2) is 10.2 Å². The number of nitrogens with zero attached hydrogens (tertiary/aromatic N) is 2. The first-order valence-electron chi connectivity index (χ1n) is 5.14.